The smallest absolute Gasteiger partial charge is 0.242 e. The molecule has 0 saturated carbocycles. The molecule has 7 nitrogen and oxygen atoms in total. The summed E-state index contributed by atoms with van der Waals surface area (Å²) in [6, 6.07) is 19.8. The van der Waals surface area contributed by atoms with Gasteiger partial charge >= 0.3 is 0 Å². The molecule has 0 aliphatic rings. The Morgan fingerprint density at radius 1 is 0.939 bits per heavy atom. The van der Waals surface area contributed by atoms with Gasteiger partial charge in [0.2, 0.25) is 15.9 Å². The van der Waals surface area contributed by atoms with Crippen molar-refractivity contribution in [3.8, 4) is 11.5 Å². The van der Waals surface area contributed by atoms with Gasteiger partial charge in [-0.3, -0.25) is 4.79 Å². The molecule has 1 atom stereocenters. The number of sulfonamides is 1. The highest BCUT2D eigenvalue weighted by molar-refractivity contribution is 7.98. The second-order valence-electron chi connectivity index (χ2n) is 7.07. The molecule has 0 aromatic heterocycles. The van der Waals surface area contributed by atoms with Gasteiger partial charge in [-0.15, -0.1) is 11.8 Å². The van der Waals surface area contributed by atoms with E-state index in [0.29, 0.717) is 11.4 Å². The van der Waals surface area contributed by atoms with Crippen molar-refractivity contribution in [3.63, 3.8) is 0 Å². The predicted octanol–water partition coefficient (Wildman–Crippen LogP) is 3.95. The standard InChI is InChI=1S/C24H26N2O5S2/c1-30-21-14-13-18(16-22(21)31-2)33(28,29)26-20(15-17-9-5-4-6-10-17)24(27)25-19-11-7-8-12-23(19)32-3/h4-14,16,20,26H,15H2,1-3H3,(H,25,27)/t20-/m1/s1. The van der Waals surface area contributed by atoms with E-state index in [2.05, 4.69) is 10.0 Å². The van der Waals surface area contributed by atoms with Gasteiger partial charge in [0.1, 0.15) is 6.04 Å². The molecule has 0 unspecified atom stereocenters. The molecule has 0 saturated heterocycles. The molecule has 0 fully saturated rings. The number of benzene rings is 3. The first kappa shape index (κ1) is 24.6. The maximum absolute atomic E-state index is 13.2. The van der Waals surface area contributed by atoms with E-state index >= 15 is 0 Å². The number of anilines is 1. The highest BCUT2D eigenvalue weighted by Crippen LogP contribution is 2.30. The molecular weight excluding hydrogens is 460 g/mol. The van der Waals surface area contributed by atoms with Crippen molar-refractivity contribution in [1.82, 2.24) is 4.72 Å². The van der Waals surface area contributed by atoms with Crippen molar-refractivity contribution < 1.29 is 22.7 Å². The van der Waals surface area contributed by atoms with Crippen LogP contribution < -0.4 is 19.5 Å². The average Bonchev–Trinajstić information content (AvgIpc) is 2.84. The zero-order valence-electron chi connectivity index (χ0n) is 18.6. The van der Waals surface area contributed by atoms with Crippen molar-refractivity contribution in [2.45, 2.75) is 22.3 Å². The normalized spacial score (nSPS) is 12.1. The van der Waals surface area contributed by atoms with Gasteiger partial charge in [0.15, 0.2) is 11.5 Å². The first-order valence-electron chi connectivity index (χ1n) is 10.1. The Hall–Kier alpha value is -3.01. The van der Waals surface area contributed by atoms with Crippen LogP contribution >= 0.6 is 11.8 Å². The number of carbonyl (C=O) groups excluding carboxylic acids is 1. The summed E-state index contributed by atoms with van der Waals surface area (Å²) in [4.78, 5) is 14.1. The first-order valence-corrected chi connectivity index (χ1v) is 12.8. The summed E-state index contributed by atoms with van der Waals surface area (Å²) in [5.41, 5.74) is 1.45. The number of rotatable bonds is 10. The zero-order chi connectivity index (χ0) is 23.8. The summed E-state index contributed by atoms with van der Waals surface area (Å²) < 4.78 is 39.3. The molecule has 33 heavy (non-hydrogen) atoms. The lowest BCUT2D eigenvalue weighted by molar-refractivity contribution is -0.117. The van der Waals surface area contributed by atoms with Crippen LogP contribution in [-0.2, 0) is 21.2 Å². The number of ether oxygens (including phenoxy) is 2. The fraction of sp³-hybridized carbons (Fsp3) is 0.208. The van der Waals surface area contributed by atoms with Crippen LogP contribution in [0.2, 0.25) is 0 Å². The number of hydrogen-bond acceptors (Lipinski definition) is 6. The van der Waals surface area contributed by atoms with Gasteiger partial charge in [0, 0.05) is 11.0 Å². The number of thioether (sulfide) groups is 1. The summed E-state index contributed by atoms with van der Waals surface area (Å²) in [5.74, 6) is 0.228. The van der Waals surface area contributed by atoms with Crippen LogP contribution in [0.15, 0.2) is 82.6 Å². The fourth-order valence-electron chi connectivity index (χ4n) is 3.24. The maximum Gasteiger partial charge on any atom is 0.242 e. The van der Waals surface area contributed by atoms with Crippen molar-refractivity contribution in [1.29, 1.82) is 0 Å². The Balaban J connectivity index is 1.91. The van der Waals surface area contributed by atoms with Crippen LogP contribution in [0.5, 0.6) is 11.5 Å². The predicted molar refractivity (Wildman–Crippen MR) is 131 cm³/mol. The van der Waals surface area contributed by atoms with Gasteiger partial charge in [-0.2, -0.15) is 4.72 Å². The molecule has 3 rings (SSSR count). The number of para-hydroxylation sites is 1. The maximum atomic E-state index is 13.2. The Morgan fingerprint density at radius 2 is 1.61 bits per heavy atom. The molecular formula is C24H26N2O5S2. The third-order valence-electron chi connectivity index (χ3n) is 4.93. The molecule has 0 aliphatic heterocycles. The van der Waals surface area contributed by atoms with Crippen LogP contribution in [0.25, 0.3) is 0 Å². The largest absolute Gasteiger partial charge is 0.493 e. The Kier molecular flexibility index (Phi) is 8.37. The van der Waals surface area contributed by atoms with E-state index in [0.717, 1.165) is 10.5 Å². The van der Waals surface area contributed by atoms with Crippen molar-refractivity contribution in [2.24, 2.45) is 0 Å². The van der Waals surface area contributed by atoms with E-state index in [-0.39, 0.29) is 17.1 Å². The minimum atomic E-state index is -4.04. The second-order valence-corrected chi connectivity index (χ2v) is 9.63. The molecule has 0 heterocycles. The van der Waals surface area contributed by atoms with Gasteiger partial charge < -0.3 is 14.8 Å². The topological polar surface area (TPSA) is 93.7 Å². The summed E-state index contributed by atoms with van der Waals surface area (Å²) in [6.45, 7) is 0. The summed E-state index contributed by atoms with van der Waals surface area (Å²) in [7, 11) is -1.15. The number of carbonyl (C=O) groups is 1. The number of hydrogen-bond donors (Lipinski definition) is 2. The lowest BCUT2D eigenvalue weighted by atomic mass is 10.1. The van der Waals surface area contributed by atoms with E-state index in [1.54, 1.807) is 6.07 Å². The SMILES string of the molecule is COc1ccc(S(=O)(=O)N[C@H](Cc2ccccc2)C(=O)Nc2ccccc2SC)cc1OC. The summed E-state index contributed by atoms with van der Waals surface area (Å²) in [5, 5.41) is 2.87. The van der Waals surface area contributed by atoms with Crippen molar-refractivity contribution in [2.75, 3.05) is 25.8 Å². The number of amides is 1. The lowest BCUT2D eigenvalue weighted by Crippen LogP contribution is -2.45. The number of nitrogens with one attached hydrogen (secondary N) is 2. The van der Waals surface area contributed by atoms with E-state index in [9.17, 15) is 13.2 Å². The Morgan fingerprint density at radius 3 is 2.27 bits per heavy atom. The summed E-state index contributed by atoms with van der Waals surface area (Å²) >= 11 is 1.49. The zero-order valence-corrected chi connectivity index (χ0v) is 20.2. The molecule has 2 N–H and O–H groups in total. The van der Waals surface area contributed by atoms with Crippen LogP contribution in [-0.4, -0.2) is 40.8 Å². The highest BCUT2D eigenvalue weighted by atomic mass is 32.2. The van der Waals surface area contributed by atoms with Gasteiger partial charge in [0.05, 0.1) is 24.8 Å². The monoisotopic (exact) mass is 486 g/mol. The van der Waals surface area contributed by atoms with Gasteiger partial charge in [0.25, 0.3) is 0 Å². The average molecular weight is 487 g/mol. The quantitative estimate of drug-likeness (QED) is 0.422. The molecule has 0 aliphatic carbocycles. The van der Waals surface area contributed by atoms with E-state index in [1.807, 2.05) is 54.8 Å². The molecule has 0 bridgehead atoms. The van der Waals surface area contributed by atoms with Crippen molar-refractivity contribution in [3.05, 3.63) is 78.4 Å². The second kappa shape index (κ2) is 11.2. The van der Waals surface area contributed by atoms with Gasteiger partial charge in [-0.05, 0) is 42.5 Å². The van der Waals surface area contributed by atoms with E-state index in [1.165, 1.54) is 44.2 Å². The first-order chi connectivity index (χ1) is 15.9. The molecule has 174 valence electrons. The van der Waals surface area contributed by atoms with Crippen LogP contribution in [0.3, 0.4) is 0 Å². The Bertz CT molecular complexity index is 1200. The molecule has 3 aromatic rings. The lowest BCUT2D eigenvalue weighted by Gasteiger charge is -2.20. The minimum Gasteiger partial charge on any atom is -0.493 e. The van der Waals surface area contributed by atoms with Crippen LogP contribution in [0.1, 0.15) is 5.56 Å². The van der Waals surface area contributed by atoms with Gasteiger partial charge in [-0.25, -0.2) is 8.42 Å². The number of methoxy groups -OCH3 is 2. The molecule has 9 heteroatoms. The third kappa shape index (κ3) is 6.28. The molecule has 0 spiro atoms. The molecule has 1 amide bonds. The van der Waals surface area contributed by atoms with Crippen LogP contribution in [0.4, 0.5) is 5.69 Å². The van der Waals surface area contributed by atoms with Gasteiger partial charge in [-0.1, -0.05) is 42.5 Å². The van der Waals surface area contributed by atoms with Crippen LogP contribution in [0, 0.1) is 0 Å². The fourth-order valence-corrected chi connectivity index (χ4v) is 5.01. The third-order valence-corrected chi connectivity index (χ3v) is 7.19. The highest BCUT2D eigenvalue weighted by Gasteiger charge is 2.27. The van der Waals surface area contributed by atoms with Crippen molar-refractivity contribution >= 4 is 33.4 Å². The minimum absolute atomic E-state index is 0.0319. The van der Waals surface area contributed by atoms with E-state index < -0.39 is 22.0 Å². The molecule has 3 aromatic carbocycles. The Labute approximate surface area is 198 Å². The summed E-state index contributed by atoms with van der Waals surface area (Å²) in [6.07, 6.45) is 2.09. The van der Waals surface area contributed by atoms with E-state index in [4.69, 9.17) is 9.47 Å². The molecule has 0 radical (unpaired) electrons.